The number of aromatic amines is 1. The van der Waals surface area contributed by atoms with Gasteiger partial charge in [0.15, 0.2) is 5.43 Å². The van der Waals surface area contributed by atoms with Gasteiger partial charge in [-0.1, -0.05) is 12.1 Å². The molecule has 4 rings (SSSR count). The molecule has 2 aromatic rings. The monoisotopic (exact) mass is 353 g/mol. The van der Waals surface area contributed by atoms with Gasteiger partial charge < -0.3 is 14.8 Å². The van der Waals surface area contributed by atoms with Crippen LogP contribution in [0.1, 0.15) is 49.0 Å². The van der Waals surface area contributed by atoms with Gasteiger partial charge in [0.25, 0.3) is 5.91 Å². The summed E-state index contributed by atoms with van der Waals surface area (Å²) in [5, 5.41) is 0.633. The third kappa shape index (κ3) is 3.54. The smallest absolute Gasteiger partial charge is 0.270 e. The van der Waals surface area contributed by atoms with E-state index in [9.17, 15) is 9.59 Å². The minimum Gasteiger partial charge on any atom is -0.350 e. The summed E-state index contributed by atoms with van der Waals surface area (Å²) in [5.41, 5.74) is 1.06. The Balaban J connectivity index is 1.53. The molecule has 1 atom stereocenters. The fraction of sp³-hybridized carbons (Fsp3) is 0.524. The molecule has 1 N–H and O–H groups in total. The molecule has 0 aliphatic carbocycles. The van der Waals surface area contributed by atoms with E-state index in [1.165, 1.54) is 38.4 Å². The molecule has 0 spiro atoms. The van der Waals surface area contributed by atoms with Crippen LogP contribution in [0.4, 0.5) is 0 Å². The molecule has 2 aliphatic heterocycles. The van der Waals surface area contributed by atoms with E-state index in [4.69, 9.17) is 0 Å². The summed E-state index contributed by atoms with van der Waals surface area (Å²) in [5.74, 6) is -0.0287. The number of rotatable bonds is 4. The van der Waals surface area contributed by atoms with Gasteiger partial charge in [-0.25, -0.2) is 0 Å². The van der Waals surface area contributed by atoms with Gasteiger partial charge in [-0.3, -0.25) is 9.59 Å². The summed E-state index contributed by atoms with van der Waals surface area (Å²) >= 11 is 0. The van der Waals surface area contributed by atoms with Crippen molar-refractivity contribution < 1.29 is 4.79 Å². The van der Waals surface area contributed by atoms with Crippen molar-refractivity contribution in [2.24, 2.45) is 0 Å². The van der Waals surface area contributed by atoms with E-state index in [1.54, 1.807) is 6.07 Å². The number of piperidine rings is 1. The molecule has 138 valence electrons. The molecule has 5 heteroatoms. The molecule has 0 unspecified atom stereocenters. The standard InChI is InChI=1S/C21H27N3O2/c25-20-15-19(22-18-9-2-1-8-17(18)20)21(26)24-13-4-3-7-16(24)10-14-23-11-5-6-12-23/h1-2,8-9,15-16H,3-7,10-14H2,(H,22,25)/t16-/m0/s1. The van der Waals surface area contributed by atoms with E-state index in [0.29, 0.717) is 11.1 Å². The zero-order valence-electron chi connectivity index (χ0n) is 15.2. The SMILES string of the molecule is O=C(c1cc(=O)c2ccccc2[nH]1)N1CCCC[C@H]1CCN1CCCC1. The molecule has 1 aromatic carbocycles. The molecule has 0 saturated carbocycles. The van der Waals surface area contributed by atoms with Crippen LogP contribution in [0.3, 0.4) is 0 Å². The van der Waals surface area contributed by atoms with E-state index in [1.807, 2.05) is 23.1 Å². The number of likely N-dealkylation sites (tertiary alicyclic amines) is 2. The number of hydrogen-bond acceptors (Lipinski definition) is 3. The van der Waals surface area contributed by atoms with Crippen molar-refractivity contribution >= 4 is 16.8 Å². The van der Waals surface area contributed by atoms with Gasteiger partial charge in [0.2, 0.25) is 0 Å². The van der Waals surface area contributed by atoms with Crippen LogP contribution < -0.4 is 5.43 Å². The second-order valence-corrected chi connectivity index (χ2v) is 7.58. The number of hydrogen-bond donors (Lipinski definition) is 1. The Morgan fingerprint density at radius 3 is 2.69 bits per heavy atom. The predicted molar refractivity (Wildman–Crippen MR) is 104 cm³/mol. The number of carbonyl (C=O) groups excluding carboxylic acids is 1. The zero-order valence-corrected chi connectivity index (χ0v) is 15.2. The summed E-state index contributed by atoms with van der Waals surface area (Å²) in [6.07, 6.45) is 6.92. The summed E-state index contributed by atoms with van der Waals surface area (Å²) < 4.78 is 0. The molecule has 5 nitrogen and oxygen atoms in total. The van der Waals surface area contributed by atoms with E-state index >= 15 is 0 Å². The lowest BCUT2D eigenvalue weighted by atomic mass is 9.98. The van der Waals surface area contributed by atoms with Crippen molar-refractivity contribution in [3.63, 3.8) is 0 Å². The van der Waals surface area contributed by atoms with Crippen molar-refractivity contribution in [1.29, 1.82) is 0 Å². The predicted octanol–water partition coefficient (Wildman–Crippen LogP) is 3.01. The van der Waals surface area contributed by atoms with Crippen LogP contribution in [0.25, 0.3) is 10.9 Å². The van der Waals surface area contributed by atoms with Gasteiger partial charge in [-0.15, -0.1) is 0 Å². The van der Waals surface area contributed by atoms with Crippen molar-refractivity contribution in [3.05, 3.63) is 46.2 Å². The highest BCUT2D eigenvalue weighted by atomic mass is 16.2. The number of benzene rings is 1. The minimum absolute atomic E-state index is 0.0287. The Hall–Kier alpha value is -2.14. The third-order valence-corrected chi connectivity index (χ3v) is 5.83. The summed E-state index contributed by atoms with van der Waals surface area (Å²) in [6.45, 7) is 4.25. The summed E-state index contributed by atoms with van der Waals surface area (Å²) in [6, 6.07) is 9.13. The molecule has 3 heterocycles. The van der Waals surface area contributed by atoms with Crippen LogP contribution in [0.5, 0.6) is 0 Å². The summed E-state index contributed by atoms with van der Waals surface area (Å²) in [4.78, 5) is 33.2. The number of amides is 1. The van der Waals surface area contributed by atoms with Gasteiger partial charge in [0.1, 0.15) is 5.69 Å². The molecule has 2 aliphatic rings. The maximum absolute atomic E-state index is 13.1. The van der Waals surface area contributed by atoms with Crippen molar-refractivity contribution in [2.75, 3.05) is 26.2 Å². The number of aromatic nitrogens is 1. The average Bonchev–Trinajstić information content (AvgIpc) is 3.20. The average molecular weight is 353 g/mol. The van der Waals surface area contributed by atoms with Crippen molar-refractivity contribution in [2.45, 2.75) is 44.6 Å². The Morgan fingerprint density at radius 2 is 1.85 bits per heavy atom. The summed E-state index contributed by atoms with van der Waals surface area (Å²) in [7, 11) is 0. The zero-order chi connectivity index (χ0) is 17.9. The fourth-order valence-corrected chi connectivity index (χ4v) is 4.37. The van der Waals surface area contributed by atoms with Crippen molar-refractivity contribution in [3.8, 4) is 0 Å². The fourth-order valence-electron chi connectivity index (χ4n) is 4.37. The molecule has 0 bridgehead atoms. The number of nitrogens with one attached hydrogen (secondary N) is 1. The lowest BCUT2D eigenvalue weighted by molar-refractivity contribution is 0.0582. The van der Waals surface area contributed by atoms with Gasteiger partial charge in [-0.05, 0) is 63.7 Å². The van der Waals surface area contributed by atoms with Crippen LogP contribution in [0.15, 0.2) is 35.1 Å². The third-order valence-electron chi connectivity index (χ3n) is 5.83. The Labute approximate surface area is 154 Å². The number of para-hydroxylation sites is 1. The van der Waals surface area contributed by atoms with Crippen LogP contribution >= 0.6 is 0 Å². The Kier molecular flexibility index (Phi) is 5.07. The van der Waals surface area contributed by atoms with Crippen LogP contribution in [-0.4, -0.2) is 52.9 Å². The molecule has 1 amide bonds. The minimum atomic E-state index is -0.0895. The first-order valence-corrected chi connectivity index (χ1v) is 9.88. The first-order valence-electron chi connectivity index (χ1n) is 9.88. The number of nitrogens with zero attached hydrogens (tertiary/aromatic N) is 2. The maximum Gasteiger partial charge on any atom is 0.270 e. The van der Waals surface area contributed by atoms with Crippen LogP contribution in [0.2, 0.25) is 0 Å². The van der Waals surface area contributed by atoms with E-state index in [0.717, 1.165) is 37.9 Å². The molecular weight excluding hydrogens is 326 g/mol. The van der Waals surface area contributed by atoms with Gasteiger partial charge >= 0.3 is 0 Å². The second kappa shape index (κ2) is 7.62. The normalized spacial score (nSPS) is 21.4. The highest BCUT2D eigenvalue weighted by Gasteiger charge is 2.28. The lowest BCUT2D eigenvalue weighted by Crippen LogP contribution is -2.45. The quantitative estimate of drug-likeness (QED) is 0.919. The Bertz CT molecular complexity index is 839. The topological polar surface area (TPSA) is 56.4 Å². The molecular formula is C21H27N3O2. The molecule has 2 saturated heterocycles. The number of H-pyrrole nitrogens is 1. The van der Waals surface area contributed by atoms with E-state index in [-0.39, 0.29) is 17.4 Å². The first-order chi connectivity index (χ1) is 12.7. The van der Waals surface area contributed by atoms with E-state index in [2.05, 4.69) is 9.88 Å². The van der Waals surface area contributed by atoms with Gasteiger partial charge in [-0.2, -0.15) is 0 Å². The van der Waals surface area contributed by atoms with Crippen LogP contribution in [0, 0.1) is 0 Å². The highest BCUT2D eigenvalue weighted by molar-refractivity contribution is 5.95. The highest BCUT2D eigenvalue weighted by Crippen LogP contribution is 2.23. The van der Waals surface area contributed by atoms with Gasteiger partial charge in [0, 0.05) is 36.1 Å². The second-order valence-electron chi connectivity index (χ2n) is 7.58. The Morgan fingerprint density at radius 1 is 1.08 bits per heavy atom. The molecule has 0 radical (unpaired) electrons. The number of pyridine rings is 1. The number of fused-ring (bicyclic) bond motifs is 1. The molecule has 1 aromatic heterocycles. The van der Waals surface area contributed by atoms with E-state index < -0.39 is 0 Å². The maximum atomic E-state index is 13.1. The molecule has 26 heavy (non-hydrogen) atoms. The van der Waals surface area contributed by atoms with Crippen LogP contribution in [-0.2, 0) is 0 Å². The first kappa shape index (κ1) is 17.3. The van der Waals surface area contributed by atoms with Gasteiger partial charge in [0.05, 0.1) is 0 Å². The largest absolute Gasteiger partial charge is 0.350 e. The lowest BCUT2D eigenvalue weighted by Gasteiger charge is -2.36. The number of carbonyl (C=O) groups is 1. The molecule has 2 fully saturated rings. The van der Waals surface area contributed by atoms with Crippen molar-refractivity contribution in [1.82, 2.24) is 14.8 Å².